The molecule has 2 N–H and O–H groups in total. The minimum atomic E-state index is -0.313. The van der Waals surface area contributed by atoms with E-state index >= 15 is 0 Å². The number of anilines is 1. The molecule has 0 aliphatic rings. The topological polar surface area (TPSA) is 84.2 Å². The Balaban J connectivity index is 1.71. The van der Waals surface area contributed by atoms with Gasteiger partial charge in [-0.25, -0.2) is 4.98 Å². The lowest BCUT2D eigenvalue weighted by molar-refractivity contribution is 0.0962. The van der Waals surface area contributed by atoms with Gasteiger partial charge in [0.25, 0.3) is 11.8 Å². The van der Waals surface area contributed by atoms with Crippen molar-refractivity contribution in [2.75, 3.05) is 12.4 Å². The van der Waals surface area contributed by atoms with Gasteiger partial charge in [0.2, 0.25) is 0 Å². The molecule has 7 heteroatoms. The first kappa shape index (κ1) is 15.0. The second-order valence-corrected chi connectivity index (χ2v) is 5.48. The van der Waals surface area contributed by atoms with E-state index in [4.69, 9.17) is 4.42 Å². The van der Waals surface area contributed by atoms with Crippen LogP contribution in [0.4, 0.5) is 5.69 Å². The number of carbonyl (C=O) groups is 2. The second kappa shape index (κ2) is 6.45. The summed E-state index contributed by atoms with van der Waals surface area (Å²) >= 11 is 1.34. The van der Waals surface area contributed by atoms with E-state index in [2.05, 4.69) is 15.6 Å². The van der Waals surface area contributed by atoms with Crippen molar-refractivity contribution in [2.24, 2.45) is 0 Å². The van der Waals surface area contributed by atoms with Crippen LogP contribution in [0.25, 0.3) is 10.8 Å². The summed E-state index contributed by atoms with van der Waals surface area (Å²) in [4.78, 5) is 27.9. The van der Waals surface area contributed by atoms with Crippen molar-refractivity contribution < 1.29 is 14.0 Å². The number of nitrogens with zero attached hydrogens (tertiary/aromatic N) is 1. The molecule has 0 fully saturated rings. The van der Waals surface area contributed by atoms with Crippen molar-refractivity contribution >= 4 is 28.8 Å². The predicted molar refractivity (Wildman–Crippen MR) is 87.6 cm³/mol. The number of hydrogen-bond donors (Lipinski definition) is 2. The van der Waals surface area contributed by atoms with Crippen LogP contribution in [0.15, 0.2) is 52.5 Å². The Morgan fingerprint density at radius 3 is 2.57 bits per heavy atom. The number of nitrogens with one attached hydrogen (secondary N) is 2. The fourth-order valence-corrected chi connectivity index (χ4v) is 2.70. The molecule has 6 nitrogen and oxygen atoms in total. The van der Waals surface area contributed by atoms with Crippen LogP contribution in [0, 0.1) is 0 Å². The van der Waals surface area contributed by atoms with Gasteiger partial charge in [-0.15, -0.1) is 11.3 Å². The second-order valence-electron chi connectivity index (χ2n) is 4.63. The molecule has 0 aliphatic carbocycles. The van der Waals surface area contributed by atoms with E-state index in [1.807, 2.05) is 0 Å². The number of carbonyl (C=O) groups excluding carboxylic acids is 2. The monoisotopic (exact) mass is 327 g/mol. The maximum atomic E-state index is 12.2. The normalized spacial score (nSPS) is 10.3. The Morgan fingerprint density at radius 2 is 1.91 bits per heavy atom. The summed E-state index contributed by atoms with van der Waals surface area (Å²) in [5.74, 6) is 0.140. The summed E-state index contributed by atoms with van der Waals surface area (Å²) in [7, 11) is 1.57. The Hall–Kier alpha value is -2.93. The fourth-order valence-electron chi connectivity index (χ4n) is 1.94. The maximum absolute atomic E-state index is 12.2. The highest BCUT2D eigenvalue weighted by atomic mass is 32.1. The highest BCUT2D eigenvalue weighted by molar-refractivity contribution is 7.13. The third-order valence-corrected chi connectivity index (χ3v) is 3.96. The van der Waals surface area contributed by atoms with Crippen LogP contribution in [0.3, 0.4) is 0 Å². The van der Waals surface area contributed by atoms with Crippen LogP contribution in [-0.2, 0) is 0 Å². The molecule has 23 heavy (non-hydrogen) atoms. The SMILES string of the molecule is CNC(=O)c1ccc(NC(=O)c2csc(-c3ccco3)n2)cc1. The predicted octanol–water partition coefficient (Wildman–Crippen LogP) is 3.02. The first-order chi connectivity index (χ1) is 11.2. The van der Waals surface area contributed by atoms with Crippen LogP contribution in [0.1, 0.15) is 20.8 Å². The van der Waals surface area contributed by atoms with Gasteiger partial charge in [0, 0.05) is 23.7 Å². The van der Waals surface area contributed by atoms with Gasteiger partial charge in [-0.3, -0.25) is 9.59 Å². The molecule has 0 radical (unpaired) electrons. The van der Waals surface area contributed by atoms with Crippen LogP contribution in [0.2, 0.25) is 0 Å². The molecule has 2 amide bonds. The maximum Gasteiger partial charge on any atom is 0.275 e. The largest absolute Gasteiger partial charge is 0.462 e. The third kappa shape index (κ3) is 3.29. The van der Waals surface area contributed by atoms with Crippen molar-refractivity contribution in [3.05, 3.63) is 59.3 Å². The highest BCUT2D eigenvalue weighted by Gasteiger charge is 2.13. The van der Waals surface area contributed by atoms with Gasteiger partial charge in [-0.1, -0.05) is 0 Å². The van der Waals surface area contributed by atoms with E-state index in [0.717, 1.165) is 0 Å². The molecule has 3 rings (SSSR count). The van der Waals surface area contributed by atoms with E-state index in [9.17, 15) is 9.59 Å². The first-order valence-electron chi connectivity index (χ1n) is 6.80. The summed E-state index contributed by atoms with van der Waals surface area (Å²) in [6, 6.07) is 10.2. The summed E-state index contributed by atoms with van der Waals surface area (Å²) in [6.07, 6.45) is 1.56. The lowest BCUT2D eigenvalue weighted by Crippen LogP contribution is -2.18. The Morgan fingerprint density at radius 1 is 1.13 bits per heavy atom. The molecule has 0 saturated carbocycles. The van der Waals surface area contributed by atoms with E-state index in [-0.39, 0.29) is 11.8 Å². The zero-order chi connectivity index (χ0) is 16.2. The smallest absolute Gasteiger partial charge is 0.275 e. The van der Waals surface area contributed by atoms with Crippen molar-refractivity contribution in [3.63, 3.8) is 0 Å². The minimum absolute atomic E-state index is 0.175. The molecule has 0 aliphatic heterocycles. The van der Waals surface area contributed by atoms with Gasteiger partial charge in [-0.05, 0) is 36.4 Å². The molecule has 0 unspecified atom stereocenters. The standard InChI is InChI=1S/C16H13N3O3S/c1-17-14(20)10-4-6-11(7-5-10)18-15(21)12-9-23-16(19-12)13-3-2-8-22-13/h2-9H,1H3,(H,17,20)(H,18,21). The molecule has 2 heterocycles. The van der Waals surface area contributed by atoms with Crippen LogP contribution in [-0.4, -0.2) is 23.8 Å². The van der Waals surface area contributed by atoms with Crippen molar-refractivity contribution in [2.45, 2.75) is 0 Å². The van der Waals surface area contributed by atoms with Crippen LogP contribution < -0.4 is 10.6 Å². The number of hydrogen-bond acceptors (Lipinski definition) is 5. The van der Waals surface area contributed by atoms with E-state index in [1.54, 1.807) is 55.1 Å². The van der Waals surface area contributed by atoms with Gasteiger partial charge in [0.15, 0.2) is 10.8 Å². The number of amides is 2. The summed E-state index contributed by atoms with van der Waals surface area (Å²) in [5, 5.41) is 7.60. The molecule has 0 saturated heterocycles. The minimum Gasteiger partial charge on any atom is -0.462 e. The summed E-state index contributed by atoms with van der Waals surface area (Å²) in [6.45, 7) is 0. The molecule has 0 atom stereocenters. The van der Waals surface area contributed by atoms with E-state index < -0.39 is 0 Å². The Kier molecular flexibility index (Phi) is 4.20. The first-order valence-corrected chi connectivity index (χ1v) is 7.68. The highest BCUT2D eigenvalue weighted by Crippen LogP contribution is 2.24. The van der Waals surface area contributed by atoms with Crippen molar-refractivity contribution in [3.8, 4) is 10.8 Å². The number of rotatable bonds is 4. The van der Waals surface area contributed by atoms with Crippen LogP contribution in [0.5, 0.6) is 0 Å². The molecule has 0 spiro atoms. The molecular weight excluding hydrogens is 314 g/mol. The average Bonchev–Trinajstić information content (AvgIpc) is 3.25. The number of aromatic nitrogens is 1. The van der Waals surface area contributed by atoms with Crippen molar-refractivity contribution in [1.29, 1.82) is 0 Å². The van der Waals surface area contributed by atoms with Crippen molar-refractivity contribution in [1.82, 2.24) is 10.3 Å². The number of furan rings is 1. The van der Waals surface area contributed by atoms with Crippen LogP contribution >= 0.6 is 11.3 Å². The molecule has 1 aromatic carbocycles. The van der Waals surface area contributed by atoms with Gasteiger partial charge < -0.3 is 15.1 Å². The Bertz CT molecular complexity index is 823. The van der Waals surface area contributed by atoms with Gasteiger partial charge >= 0.3 is 0 Å². The van der Waals surface area contributed by atoms with E-state index in [1.165, 1.54) is 11.3 Å². The van der Waals surface area contributed by atoms with E-state index in [0.29, 0.717) is 27.7 Å². The average molecular weight is 327 g/mol. The zero-order valence-corrected chi connectivity index (χ0v) is 13.0. The number of benzene rings is 1. The fraction of sp³-hybridized carbons (Fsp3) is 0.0625. The summed E-state index contributed by atoms with van der Waals surface area (Å²) in [5.41, 5.74) is 1.44. The van der Waals surface area contributed by atoms with Gasteiger partial charge in [-0.2, -0.15) is 0 Å². The lowest BCUT2D eigenvalue weighted by Gasteiger charge is -2.04. The Labute approximate surface area is 136 Å². The molecular formula is C16H13N3O3S. The quantitative estimate of drug-likeness (QED) is 0.771. The zero-order valence-electron chi connectivity index (χ0n) is 12.2. The van der Waals surface area contributed by atoms with Gasteiger partial charge in [0.1, 0.15) is 5.69 Å². The van der Waals surface area contributed by atoms with Gasteiger partial charge in [0.05, 0.1) is 6.26 Å². The third-order valence-electron chi connectivity index (χ3n) is 3.10. The number of thiazole rings is 1. The molecule has 2 aromatic heterocycles. The molecule has 0 bridgehead atoms. The summed E-state index contributed by atoms with van der Waals surface area (Å²) < 4.78 is 5.26. The molecule has 116 valence electrons. The lowest BCUT2D eigenvalue weighted by atomic mass is 10.2. The molecule has 3 aromatic rings.